The number of piperidine rings is 1. The van der Waals surface area contributed by atoms with Crippen LogP contribution in [0.4, 0.5) is 4.39 Å². The molecule has 0 atom stereocenters. The van der Waals surface area contributed by atoms with Crippen LogP contribution < -0.4 is 0 Å². The normalized spacial score (nSPS) is 14.6. The Morgan fingerprint density at radius 3 is 2.12 bits per heavy atom. The summed E-state index contributed by atoms with van der Waals surface area (Å²) in [7, 11) is 0. The summed E-state index contributed by atoms with van der Waals surface area (Å²) in [6.45, 7) is 10.4. The second-order valence-electron chi connectivity index (χ2n) is 10.2. The molecule has 0 unspecified atom stereocenters. The van der Waals surface area contributed by atoms with E-state index in [2.05, 4.69) is 49.9 Å². The highest BCUT2D eigenvalue weighted by molar-refractivity contribution is 7.09. The molecule has 6 heteroatoms. The average molecular weight is 480 g/mol. The first-order chi connectivity index (χ1) is 16.3. The van der Waals surface area contributed by atoms with Crippen LogP contribution in [-0.2, 0) is 25.0 Å². The van der Waals surface area contributed by atoms with Gasteiger partial charge in [-0.25, -0.2) is 9.37 Å². The zero-order valence-electron chi connectivity index (χ0n) is 20.4. The summed E-state index contributed by atoms with van der Waals surface area (Å²) in [5.74, 6) is -0.182. The number of hydrogen-bond donors (Lipinski definition) is 0. The average Bonchev–Trinajstić information content (AvgIpc) is 3.29. The molecule has 180 valence electrons. The summed E-state index contributed by atoms with van der Waals surface area (Å²) in [4.78, 5) is 21.8. The van der Waals surface area contributed by atoms with Crippen molar-refractivity contribution in [3.63, 3.8) is 0 Å². The minimum Gasteiger partial charge on any atom is -0.337 e. The maximum atomic E-state index is 13.4. The van der Waals surface area contributed by atoms with Gasteiger partial charge in [0, 0.05) is 31.6 Å². The molecule has 34 heavy (non-hydrogen) atoms. The summed E-state index contributed by atoms with van der Waals surface area (Å²) in [5, 5.41) is 2.81. The van der Waals surface area contributed by atoms with E-state index >= 15 is 0 Å². The Bertz CT molecular complexity index is 1080. The molecule has 1 aliphatic rings. The van der Waals surface area contributed by atoms with Crippen molar-refractivity contribution in [3.8, 4) is 0 Å². The molecule has 1 aliphatic heterocycles. The Morgan fingerprint density at radius 1 is 0.941 bits per heavy atom. The molecule has 0 bridgehead atoms. The highest BCUT2D eigenvalue weighted by atomic mass is 32.1. The highest BCUT2D eigenvalue weighted by Crippen LogP contribution is 2.24. The second-order valence-corrected chi connectivity index (χ2v) is 11.1. The molecule has 1 fully saturated rings. The number of hydrogen-bond acceptors (Lipinski definition) is 4. The molecule has 4 nitrogen and oxygen atoms in total. The second kappa shape index (κ2) is 10.8. The first-order valence-electron chi connectivity index (χ1n) is 12.1. The van der Waals surface area contributed by atoms with Gasteiger partial charge in [-0.2, -0.15) is 0 Å². The van der Waals surface area contributed by atoms with Crippen LogP contribution in [0.1, 0.15) is 72.2 Å². The molecule has 1 saturated heterocycles. The Labute approximate surface area is 206 Å². The molecule has 0 aliphatic carbocycles. The van der Waals surface area contributed by atoms with Crippen molar-refractivity contribution in [2.75, 3.05) is 13.1 Å². The van der Waals surface area contributed by atoms with Crippen molar-refractivity contribution < 1.29 is 9.18 Å². The third-order valence-electron chi connectivity index (χ3n) is 6.32. The van der Waals surface area contributed by atoms with Gasteiger partial charge >= 0.3 is 0 Å². The highest BCUT2D eigenvalue weighted by Gasteiger charge is 2.21. The van der Waals surface area contributed by atoms with Crippen molar-refractivity contribution in [1.29, 1.82) is 0 Å². The molecule has 1 aromatic heterocycles. The number of carbonyl (C=O) groups excluding carboxylic acids is 1. The fourth-order valence-corrected chi connectivity index (χ4v) is 5.13. The van der Waals surface area contributed by atoms with Gasteiger partial charge in [0.05, 0.1) is 6.54 Å². The maximum Gasteiger partial charge on any atom is 0.273 e. The van der Waals surface area contributed by atoms with Crippen molar-refractivity contribution in [3.05, 3.63) is 87.1 Å². The van der Waals surface area contributed by atoms with Gasteiger partial charge in [-0.1, -0.05) is 57.2 Å². The summed E-state index contributed by atoms with van der Waals surface area (Å²) < 4.78 is 13.4. The smallest absolute Gasteiger partial charge is 0.273 e. The SMILES string of the molecule is CC(C)(C)c1ccc(CN(Cc2ccc(F)cc2)Cc2nc(C(=O)N3CCCCC3)cs2)cc1. The van der Waals surface area contributed by atoms with Gasteiger partial charge in [-0.05, 0) is 53.5 Å². The monoisotopic (exact) mass is 479 g/mol. The van der Waals surface area contributed by atoms with Crippen molar-refractivity contribution in [2.45, 2.75) is 65.1 Å². The van der Waals surface area contributed by atoms with Gasteiger partial charge in [0.15, 0.2) is 0 Å². The molecular weight excluding hydrogens is 445 g/mol. The fraction of sp³-hybridized carbons (Fsp3) is 0.429. The van der Waals surface area contributed by atoms with Crippen molar-refractivity contribution in [1.82, 2.24) is 14.8 Å². The number of thiazole rings is 1. The van der Waals surface area contributed by atoms with E-state index in [4.69, 9.17) is 4.98 Å². The van der Waals surface area contributed by atoms with E-state index < -0.39 is 0 Å². The number of amides is 1. The molecule has 0 N–H and O–H groups in total. The van der Waals surface area contributed by atoms with Crippen LogP contribution in [0.3, 0.4) is 0 Å². The lowest BCUT2D eigenvalue weighted by atomic mass is 9.87. The zero-order chi connectivity index (χ0) is 24.1. The van der Waals surface area contributed by atoms with Crippen LogP contribution in [0.2, 0.25) is 0 Å². The number of likely N-dealkylation sites (tertiary alicyclic amines) is 1. The number of rotatable bonds is 7. The summed E-state index contributed by atoms with van der Waals surface area (Å²) in [5.41, 5.74) is 4.25. The molecule has 0 spiro atoms. The van der Waals surface area contributed by atoms with Crippen LogP contribution in [0.5, 0.6) is 0 Å². The van der Waals surface area contributed by atoms with Gasteiger partial charge < -0.3 is 4.90 Å². The largest absolute Gasteiger partial charge is 0.337 e. The standard InChI is InChI=1S/C28H34FN3OS/c1-28(2,3)23-11-7-21(8-12-23)17-31(18-22-9-13-24(29)14-10-22)19-26-30-25(20-34-26)27(33)32-15-5-4-6-16-32/h7-14,20H,4-6,15-19H2,1-3H3. The fourth-order valence-electron chi connectivity index (χ4n) is 4.32. The van der Waals surface area contributed by atoms with Gasteiger partial charge in [-0.3, -0.25) is 9.69 Å². The van der Waals surface area contributed by atoms with E-state index in [1.807, 2.05) is 22.4 Å². The van der Waals surface area contributed by atoms with E-state index in [9.17, 15) is 9.18 Å². The predicted molar refractivity (Wildman–Crippen MR) is 136 cm³/mol. The lowest BCUT2D eigenvalue weighted by Gasteiger charge is -2.25. The van der Waals surface area contributed by atoms with Gasteiger partial charge in [0.25, 0.3) is 5.91 Å². The Morgan fingerprint density at radius 2 is 1.53 bits per heavy atom. The Balaban J connectivity index is 1.49. The van der Waals surface area contributed by atoms with Crippen molar-refractivity contribution in [2.24, 2.45) is 0 Å². The van der Waals surface area contributed by atoms with E-state index in [0.29, 0.717) is 18.8 Å². The molecule has 2 aromatic carbocycles. The number of aromatic nitrogens is 1. The molecule has 0 radical (unpaired) electrons. The number of carbonyl (C=O) groups is 1. The van der Waals surface area contributed by atoms with Gasteiger partial charge in [-0.15, -0.1) is 11.3 Å². The lowest BCUT2D eigenvalue weighted by molar-refractivity contribution is 0.0718. The van der Waals surface area contributed by atoms with Crippen LogP contribution in [-0.4, -0.2) is 33.8 Å². The van der Waals surface area contributed by atoms with Crippen LogP contribution in [0, 0.1) is 5.82 Å². The van der Waals surface area contributed by atoms with E-state index in [0.717, 1.165) is 43.0 Å². The first kappa shape index (κ1) is 24.6. The summed E-state index contributed by atoms with van der Waals surface area (Å²) in [6, 6.07) is 15.4. The number of benzene rings is 2. The third kappa shape index (κ3) is 6.51. The minimum absolute atomic E-state index is 0.0463. The number of halogens is 1. The van der Waals surface area contributed by atoms with Crippen LogP contribution >= 0.6 is 11.3 Å². The molecule has 0 saturated carbocycles. The Hall–Kier alpha value is -2.57. The zero-order valence-corrected chi connectivity index (χ0v) is 21.2. The van der Waals surface area contributed by atoms with Crippen LogP contribution in [0.15, 0.2) is 53.9 Å². The quantitative estimate of drug-likeness (QED) is 0.393. The van der Waals surface area contributed by atoms with Gasteiger partial charge in [0.2, 0.25) is 0 Å². The maximum absolute atomic E-state index is 13.4. The minimum atomic E-state index is -0.228. The molecule has 1 amide bonds. The molecule has 2 heterocycles. The molecule has 3 aromatic rings. The molecular formula is C28H34FN3OS. The van der Waals surface area contributed by atoms with E-state index in [1.165, 1.54) is 41.0 Å². The van der Waals surface area contributed by atoms with E-state index in [1.54, 1.807) is 0 Å². The van der Waals surface area contributed by atoms with Crippen LogP contribution in [0.25, 0.3) is 0 Å². The van der Waals surface area contributed by atoms with E-state index in [-0.39, 0.29) is 17.1 Å². The Kier molecular flexibility index (Phi) is 7.79. The summed E-state index contributed by atoms with van der Waals surface area (Å²) >= 11 is 1.54. The molecule has 4 rings (SSSR count). The third-order valence-corrected chi connectivity index (χ3v) is 7.15. The topological polar surface area (TPSA) is 36.4 Å². The lowest BCUT2D eigenvalue weighted by Crippen LogP contribution is -2.35. The summed E-state index contributed by atoms with van der Waals surface area (Å²) in [6.07, 6.45) is 3.34. The van der Waals surface area contributed by atoms with Crippen molar-refractivity contribution >= 4 is 17.2 Å². The van der Waals surface area contributed by atoms with Gasteiger partial charge in [0.1, 0.15) is 16.5 Å². The first-order valence-corrected chi connectivity index (χ1v) is 13.0. The number of nitrogens with zero attached hydrogens (tertiary/aromatic N) is 3. The predicted octanol–water partition coefficient (Wildman–Crippen LogP) is 6.41.